The van der Waals surface area contributed by atoms with Gasteiger partial charge in [-0.15, -0.1) is 0 Å². The first-order valence-corrected chi connectivity index (χ1v) is 10.5. The number of aliphatic hydroxyl groups excluding tert-OH is 1. The first-order chi connectivity index (χ1) is 14.1. The van der Waals surface area contributed by atoms with E-state index in [0.29, 0.717) is 19.4 Å². The van der Waals surface area contributed by atoms with Gasteiger partial charge in [0.25, 0.3) is 0 Å². The Morgan fingerprint density at radius 2 is 1.47 bits per heavy atom. The van der Waals surface area contributed by atoms with Gasteiger partial charge in [-0.3, -0.25) is 14.4 Å². The molecule has 0 bridgehead atoms. The number of carboxylic acid groups (broad SMARTS) is 1. The minimum atomic E-state index is -1.39. The van der Waals surface area contributed by atoms with Gasteiger partial charge < -0.3 is 37.6 Å². The highest BCUT2D eigenvalue weighted by molar-refractivity contribution is 7.80. The third-order valence-corrected chi connectivity index (χ3v) is 4.62. The molecule has 0 aliphatic heterocycles. The highest BCUT2D eigenvalue weighted by atomic mass is 32.1. The summed E-state index contributed by atoms with van der Waals surface area (Å²) in [5.74, 6) is -3.43. The van der Waals surface area contributed by atoms with Crippen molar-refractivity contribution in [2.75, 3.05) is 18.9 Å². The molecule has 174 valence electrons. The van der Waals surface area contributed by atoms with Crippen LogP contribution in [0.2, 0.25) is 0 Å². The number of nitrogens with one attached hydrogen (secondary N) is 3. The monoisotopic (exact) mass is 449 g/mol. The fourth-order valence-corrected chi connectivity index (χ4v) is 2.80. The molecule has 3 amide bonds. The summed E-state index contributed by atoms with van der Waals surface area (Å²) in [6, 6.07) is -4.45. The Hall–Kier alpha value is -1.89. The van der Waals surface area contributed by atoms with E-state index in [1.165, 1.54) is 0 Å². The van der Waals surface area contributed by atoms with E-state index in [9.17, 15) is 29.4 Å². The van der Waals surface area contributed by atoms with Crippen molar-refractivity contribution in [3.63, 3.8) is 0 Å². The number of unbranched alkanes of at least 4 members (excludes halogenated alkanes) is 1. The number of carbonyl (C=O) groups is 4. The number of rotatable bonds is 15. The third-order valence-electron chi connectivity index (χ3n) is 4.26. The summed E-state index contributed by atoms with van der Waals surface area (Å²) in [4.78, 5) is 48.2. The Labute approximate surface area is 182 Å². The Kier molecular flexibility index (Phi) is 14.0. The lowest BCUT2D eigenvalue weighted by Crippen LogP contribution is -2.58. The van der Waals surface area contributed by atoms with Crippen molar-refractivity contribution in [2.45, 2.75) is 63.7 Å². The van der Waals surface area contributed by atoms with Gasteiger partial charge in [0.05, 0.1) is 12.6 Å². The quantitative estimate of drug-likeness (QED) is 0.103. The minimum absolute atomic E-state index is 0.00593. The lowest BCUT2D eigenvalue weighted by molar-refractivity contribution is -0.143. The van der Waals surface area contributed by atoms with Crippen LogP contribution in [0.3, 0.4) is 0 Å². The minimum Gasteiger partial charge on any atom is -0.480 e. The first kappa shape index (κ1) is 28.1. The van der Waals surface area contributed by atoms with Gasteiger partial charge in [-0.25, -0.2) is 4.79 Å². The zero-order chi connectivity index (χ0) is 23.3. The van der Waals surface area contributed by atoms with Crippen molar-refractivity contribution in [1.82, 2.24) is 16.0 Å². The van der Waals surface area contributed by atoms with Gasteiger partial charge in [0.2, 0.25) is 17.7 Å². The summed E-state index contributed by atoms with van der Waals surface area (Å²) < 4.78 is 0. The average Bonchev–Trinajstić information content (AvgIpc) is 2.68. The molecule has 0 aliphatic rings. The topological polar surface area (TPSA) is 197 Å². The number of hydrogen-bond acceptors (Lipinski definition) is 8. The molecule has 0 aromatic rings. The standard InChI is InChI=1S/C18H35N5O6S/c1-10(2)7-12(18(28)29)21-16(26)13(8-24)22-17(27)14(9-30)23-15(25)11(20)5-3-4-6-19/h10-14,24,30H,3-9,19-20H2,1-2H3,(H,21,26)(H,22,27)(H,23,25)(H,28,29). The van der Waals surface area contributed by atoms with E-state index < -0.39 is 54.5 Å². The van der Waals surface area contributed by atoms with E-state index in [0.717, 1.165) is 6.42 Å². The number of aliphatic hydroxyl groups is 1. The smallest absolute Gasteiger partial charge is 0.326 e. The molecule has 0 aliphatic carbocycles. The van der Waals surface area contributed by atoms with Crippen LogP contribution in [0.15, 0.2) is 0 Å². The zero-order valence-electron chi connectivity index (χ0n) is 17.5. The molecule has 4 atom stereocenters. The van der Waals surface area contributed by atoms with Crippen molar-refractivity contribution in [3.8, 4) is 0 Å². The lowest BCUT2D eigenvalue weighted by Gasteiger charge is -2.24. The van der Waals surface area contributed by atoms with E-state index in [2.05, 4.69) is 28.6 Å². The molecule has 0 saturated carbocycles. The second kappa shape index (κ2) is 15.0. The maximum Gasteiger partial charge on any atom is 0.326 e. The van der Waals surface area contributed by atoms with Gasteiger partial charge in [-0.1, -0.05) is 20.3 Å². The number of thiol groups is 1. The maximum atomic E-state index is 12.4. The molecule has 0 aromatic heterocycles. The summed E-state index contributed by atoms with van der Waals surface area (Å²) in [5, 5.41) is 25.7. The van der Waals surface area contributed by atoms with Crippen LogP contribution in [-0.2, 0) is 19.2 Å². The normalized spacial score (nSPS) is 15.0. The van der Waals surface area contributed by atoms with E-state index in [1.54, 1.807) is 13.8 Å². The Morgan fingerprint density at radius 1 is 0.933 bits per heavy atom. The van der Waals surface area contributed by atoms with Crippen LogP contribution >= 0.6 is 12.6 Å². The van der Waals surface area contributed by atoms with E-state index in [4.69, 9.17) is 11.5 Å². The van der Waals surface area contributed by atoms with Crippen molar-refractivity contribution >= 4 is 36.3 Å². The number of carboxylic acids is 1. The van der Waals surface area contributed by atoms with Crippen LogP contribution in [0.4, 0.5) is 0 Å². The zero-order valence-corrected chi connectivity index (χ0v) is 18.4. The predicted molar refractivity (Wildman–Crippen MR) is 115 cm³/mol. The number of carbonyl (C=O) groups excluding carboxylic acids is 3. The van der Waals surface area contributed by atoms with Crippen LogP contribution in [0.5, 0.6) is 0 Å². The molecule has 0 saturated heterocycles. The highest BCUT2D eigenvalue weighted by Crippen LogP contribution is 2.05. The van der Waals surface area contributed by atoms with Gasteiger partial charge in [-0.2, -0.15) is 12.6 Å². The Bertz CT molecular complexity index is 577. The number of hydrogen-bond donors (Lipinski definition) is 8. The summed E-state index contributed by atoms with van der Waals surface area (Å²) in [6.45, 7) is 3.33. The van der Waals surface area contributed by atoms with Crippen LogP contribution in [-0.4, -0.2) is 77.0 Å². The van der Waals surface area contributed by atoms with E-state index in [1.807, 2.05) is 0 Å². The summed E-state index contributed by atoms with van der Waals surface area (Å²) >= 11 is 4.03. The summed E-state index contributed by atoms with van der Waals surface area (Å²) in [6.07, 6.45) is 1.97. The first-order valence-electron chi connectivity index (χ1n) is 9.88. The Morgan fingerprint density at radius 3 is 1.93 bits per heavy atom. The molecule has 12 heteroatoms. The summed E-state index contributed by atoms with van der Waals surface area (Å²) in [7, 11) is 0. The lowest BCUT2D eigenvalue weighted by atomic mass is 10.0. The number of aliphatic carboxylic acids is 1. The molecular weight excluding hydrogens is 414 g/mol. The third kappa shape index (κ3) is 10.8. The molecule has 0 spiro atoms. The molecule has 0 heterocycles. The average molecular weight is 450 g/mol. The van der Waals surface area contributed by atoms with Crippen molar-refractivity contribution < 1.29 is 29.4 Å². The van der Waals surface area contributed by atoms with Gasteiger partial charge in [0, 0.05) is 5.75 Å². The van der Waals surface area contributed by atoms with Gasteiger partial charge in [0.1, 0.15) is 18.1 Å². The molecule has 0 radical (unpaired) electrons. The SMILES string of the molecule is CC(C)CC(NC(=O)C(CO)NC(=O)C(CS)NC(=O)C(N)CCCCN)C(=O)O. The van der Waals surface area contributed by atoms with Crippen LogP contribution in [0, 0.1) is 5.92 Å². The molecule has 0 rings (SSSR count). The van der Waals surface area contributed by atoms with Crippen molar-refractivity contribution in [2.24, 2.45) is 17.4 Å². The fraction of sp³-hybridized carbons (Fsp3) is 0.778. The number of amides is 3. The highest BCUT2D eigenvalue weighted by Gasteiger charge is 2.29. The largest absolute Gasteiger partial charge is 0.480 e. The summed E-state index contributed by atoms with van der Waals surface area (Å²) in [5.41, 5.74) is 11.2. The molecule has 9 N–H and O–H groups in total. The molecule has 11 nitrogen and oxygen atoms in total. The van der Waals surface area contributed by atoms with Crippen molar-refractivity contribution in [3.05, 3.63) is 0 Å². The van der Waals surface area contributed by atoms with E-state index >= 15 is 0 Å². The van der Waals surface area contributed by atoms with Crippen LogP contribution in [0.1, 0.15) is 39.5 Å². The second-order valence-electron chi connectivity index (χ2n) is 7.41. The van der Waals surface area contributed by atoms with E-state index in [-0.39, 0.29) is 18.1 Å². The number of nitrogens with two attached hydrogens (primary N) is 2. The Balaban J connectivity index is 4.90. The molecule has 0 fully saturated rings. The fourth-order valence-electron chi connectivity index (χ4n) is 2.54. The predicted octanol–water partition coefficient (Wildman–Crippen LogP) is -2.05. The van der Waals surface area contributed by atoms with Crippen LogP contribution in [0.25, 0.3) is 0 Å². The second-order valence-corrected chi connectivity index (χ2v) is 7.77. The molecule has 30 heavy (non-hydrogen) atoms. The molecular formula is C18H35N5O6S. The van der Waals surface area contributed by atoms with Crippen LogP contribution < -0.4 is 27.4 Å². The molecule has 4 unspecified atom stereocenters. The van der Waals surface area contributed by atoms with Gasteiger partial charge in [-0.05, 0) is 31.7 Å². The van der Waals surface area contributed by atoms with Gasteiger partial charge in [0.15, 0.2) is 0 Å². The van der Waals surface area contributed by atoms with Crippen molar-refractivity contribution in [1.29, 1.82) is 0 Å². The maximum absolute atomic E-state index is 12.4. The molecule has 0 aromatic carbocycles. The van der Waals surface area contributed by atoms with Gasteiger partial charge >= 0.3 is 5.97 Å².